The van der Waals surface area contributed by atoms with E-state index in [1.165, 1.54) is 0 Å². The van der Waals surface area contributed by atoms with Gasteiger partial charge in [-0.1, -0.05) is 17.7 Å². The van der Waals surface area contributed by atoms with Crippen molar-refractivity contribution in [3.63, 3.8) is 0 Å². The van der Waals surface area contributed by atoms with Crippen LogP contribution in [0.15, 0.2) is 11.1 Å². The average Bonchev–Trinajstić information content (AvgIpc) is 2.84. The number of halogens is 1. The molecular weight excluding hydrogens is 188 g/mol. The molecule has 2 aliphatic rings. The van der Waals surface area contributed by atoms with Gasteiger partial charge < -0.3 is 10.6 Å². The molecule has 1 aliphatic carbocycles. The third-order valence-electron chi connectivity index (χ3n) is 2.61. The highest BCUT2D eigenvalue weighted by Gasteiger charge is 2.48. The monoisotopic (exact) mass is 200 g/mol. The molecule has 1 heterocycles. The second-order valence-corrected chi connectivity index (χ2v) is 4.31. The summed E-state index contributed by atoms with van der Waals surface area (Å²) in [5, 5.41) is 0.754. The second kappa shape index (κ2) is 3.00. The first kappa shape index (κ1) is 9.03. The Bertz CT molecular complexity index is 271. The van der Waals surface area contributed by atoms with Gasteiger partial charge >= 0.3 is 0 Å². The quantitative estimate of drug-likeness (QED) is 0.682. The molecule has 2 N–H and O–H groups in total. The Labute approximate surface area is 82.5 Å². The molecule has 1 saturated carbocycles. The highest BCUT2D eigenvalue weighted by molar-refractivity contribution is 6.30. The third kappa shape index (κ3) is 1.71. The summed E-state index contributed by atoms with van der Waals surface area (Å²) in [6.07, 6.45) is 4.45. The molecular formula is C9H13ClN2O. The van der Waals surface area contributed by atoms with Crippen LogP contribution >= 0.6 is 11.6 Å². The Morgan fingerprint density at radius 1 is 1.62 bits per heavy atom. The molecule has 0 saturated heterocycles. The van der Waals surface area contributed by atoms with Crippen LogP contribution in [0.1, 0.15) is 19.3 Å². The number of nitrogens with two attached hydrogens (primary N) is 1. The van der Waals surface area contributed by atoms with E-state index in [1.807, 2.05) is 6.08 Å². The summed E-state index contributed by atoms with van der Waals surface area (Å²) >= 11 is 5.85. The topological polar surface area (TPSA) is 46.3 Å². The molecule has 0 unspecified atom stereocenters. The Balaban J connectivity index is 2.02. The lowest BCUT2D eigenvalue weighted by Gasteiger charge is -2.27. The van der Waals surface area contributed by atoms with Gasteiger partial charge in [-0.15, -0.1) is 0 Å². The minimum Gasteiger partial charge on any atom is -0.336 e. The smallest absolute Gasteiger partial charge is 0.242 e. The largest absolute Gasteiger partial charge is 0.336 e. The van der Waals surface area contributed by atoms with Gasteiger partial charge in [-0.3, -0.25) is 4.79 Å². The lowest BCUT2D eigenvalue weighted by atomic mass is 10.2. The predicted molar refractivity (Wildman–Crippen MR) is 51.3 cm³/mol. The summed E-state index contributed by atoms with van der Waals surface area (Å²) in [5.74, 6) is 0.0683. The zero-order valence-electron chi connectivity index (χ0n) is 7.42. The standard InChI is InChI=1S/C9H13ClN2O/c10-7-2-1-5-12(6-7)8(13)9(11)3-4-9/h2H,1,3-6,11H2. The van der Waals surface area contributed by atoms with E-state index in [0.717, 1.165) is 30.8 Å². The van der Waals surface area contributed by atoms with Crippen molar-refractivity contribution in [2.45, 2.75) is 24.8 Å². The Kier molecular flexibility index (Phi) is 2.08. The molecule has 3 nitrogen and oxygen atoms in total. The van der Waals surface area contributed by atoms with Crippen LogP contribution in [0.4, 0.5) is 0 Å². The average molecular weight is 201 g/mol. The van der Waals surface area contributed by atoms with Crippen molar-refractivity contribution in [2.75, 3.05) is 13.1 Å². The first-order valence-electron chi connectivity index (χ1n) is 4.55. The first-order valence-corrected chi connectivity index (χ1v) is 4.92. The lowest BCUT2D eigenvalue weighted by Crippen LogP contribution is -2.47. The molecule has 1 amide bonds. The van der Waals surface area contributed by atoms with Crippen LogP contribution in [-0.2, 0) is 4.79 Å². The summed E-state index contributed by atoms with van der Waals surface area (Å²) in [7, 11) is 0. The fourth-order valence-corrected chi connectivity index (χ4v) is 1.79. The molecule has 0 aromatic heterocycles. The van der Waals surface area contributed by atoms with Crippen molar-refractivity contribution in [2.24, 2.45) is 5.73 Å². The van der Waals surface area contributed by atoms with Crippen LogP contribution in [0.5, 0.6) is 0 Å². The van der Waals surface area contributed by atoms with Gasteiger partial charge in [0, 0.05) is 11.6 Å². The summed E-state index contributed by atoms with van der Waals surface area (Å²) < 4.78 is 0. The summed E-state index contributed by atoms with van der Waals surface area (Å²) in [4.78, 5) is 13.5. The fourth-order valence-electron chi connectivity index (χ4n) is 1.54. The highest BCUT2D eigenvalue weighted by Crippen LogP contribution is 2.34. The van der Waals surface area contributed by atoms with E-state index in [4.69, 9.17) is 17.3 Å². The van der Waals surface area contributed by atoms with Gasteiger partial charge in [-0.05, 0) is 19.3 Å². The van der Waals surface area contributed by atoms with Gasteiger partial charge in [0.2, 0.25) is 5.91 Å². The molecule has 0 bridgehead atoms. The van der Waals surface area contributed by atoms with Crippen LogP contribution in [0, 0.1) is 0 Å². The number of hydrogen-bond donors (Lipinski definition) is 1. The van der Waals surface area contributed by atoms with Gasteiger partial charge in [-0.25, -0.2) is 0 Å². The lowest BCUT2D eigenvalue weighted by molar-refractivity contribution is -0.133. The van der Waals surface area contributed by atoms with Gasteiger partial charge in [0.15, 0.2) is 0 Å². The third-order valence-corrected chi connectivity index (χ3v) is 2.88. The van der Waals surface area contributed by atoms with E-state index in [0.29, 0.717) is 6.54 Å². The van der Waals surface area contributed by atoms with E-state index in [1.54, 1.807) is 4.90 Å². The minimum atomic E-state index is -0.547. The molecule has 0 radical (unpaired) electrons. The summed E-state index contributed by atoms with van der Waals surface area (Å²) in [5.41, 5.74) is 5.27. The van der Waals surface area contributed by atoms with E-state index >= 15 is 0 Å². The molecule has 0 atom stereocenters. The summed E-state index contributed by atoms with van der Waals surface area (Å²) in [6.45, 7) is 1.30. The summed E-state index contributed by atoms with van der Waals surface area (Å²) in [6, 6.07) is 0. The molecule has 2 rings (SSSR count). The number of hydrogen-bond acceptors (Lipinski definition) is 2. The molecule has 0 aromatic carbocycles. The molecule has 13 heavy (non-hydrogen) atoms. The predicted octanol–water partition coefficient (Wildman–Crippen LogP) is 0.833. The maximum Gasteiger partial charge on any atom is 0.242 e. The van der Waals surface area contributed by atoms with Crippen LogP contribution in [0.2, 0.25) is 0 Å². The maximum absolute atomic E-state index is 11.7. The Morgan fingerprint density at radius 2 is 2.31 bits per heavy atom. The number of carbonyl (C=O) groups excluding carboxylic acids is 1. The Morgan fingerprint density at radius 3 is 2.85 bits per heavy atom. The van der Waals surface area contributed by atoms with Crippen LogP contribution in [-0.4, -0.2) is 29.4 Å². The van der Waals surface area contributed by atoms with Crippen molar-refractivity contribution in [3.8, 4) is 0 Å². The molecule has 0 aromatic rings. The van der Waals surface area contributed by atoms with Crippen molar-refractivity contribution in [1.29, 1.82) is 0 Å². The fraction of sp³-hybridized carbons (Fsp3) is 0.667. The second-order valence-electron chi connectivity index (χ2n) is 3.82. The van der Waals surface area contributed by atoms with E-state index in [-0.39, 0.29) is 5.91 Å². The minimum absolute atomic E-state index is 0.0683. The number of nitrogens with zero attached hydrogens (tertiary/aromatic N) is 1. The van der Waals surface area contributed by atoms with Gasteiger partial charge in [0.1, 0.15) is 0 Å². The van der Waals surface area contributed by atoms with Gasteiger partial charge in [0.25, 0.3) is 0 Å². The zero-order chi connectivity index (χ0) is 9.47. The molecule has 0 spiro atoms. The van der Waals surface area contributed by atoms with Crippen LogP contribution < -0.4 is 5.73 Å². The van der Waals surface area contributed by atoms with Crippen molar-refractivity contribution in [3.05, 3.63) is 11.1 Å². The SMILES string of the molecule is NC1(C(=O)N2CCC=C(Cl)C2)CC1. The van der Waals surface area contributed by atoms with E-state index in [9.17, 15) is 4.79 Å². The molecule has 1 fully saturated rings. The van der Waals surface area contributed by atoms with Crippen molar-refractivity contribution in [1.82, 2.24) is 4.90 Å². The van der Waals surface area contributed by atoms with Crippen molar-refractivity contribution < 1.29 is 4.79 Å². The van der Waals surface area contributed by atoms with E-state index in [2.05, 4.69) is 0 Å². The van der Waals surface area contributed by atoms with Crippen molar-refractivity contribution >= 4 is 17.5 Å². The van der Waals surface area contributed by atoms with Gasteiger partial charge in [0.05, 0.1) is 12.1 Å². The van der Waals surface area contributed by atoms with Crippen LogP contribution in [0.3, 0.4) is 0 Å². The van der Waals surface area contributed by atoms with Crippen LogP contribution in [0.25, 0.3) is 0 Å². The number of carbonyl (C=O) groups is 1. The molecule has 72 valence electrons. The molecule has 4 heteroatoms. The van der Waals surface area contributed by atoms with E-state index < -0.39 is 5.54 Å². The molecule has 1 aliphatic heterocycles. The Hall–Kier alpha value is -0.540. The normalized spacial score (nSPS) is 25.4. The zero-order valence-corrected chi connectivity index (χ0v) is 8.18. The maximum atomic E-state index is 11.7. The number of rotatable bonds is 1. The first-order chi connectivity index (χ1) is 6.12. The van der Waals surface area contributed by atoms with Gasteiger partial charge in [-0.2, -0.15) is 0 Å². The highest BCUT2D eigenvalue weighted by atomic mass is 35.5. The number of amides is 1.